The normalized spacial score (nSPS) is 19.8. The molecule has 0 radical (unpaired) electrons. The summed E-state index contributed by atoms with van der Waals surface area (Å²) in [7, 11) is 0. The number of alkyl halides is 1. The highest BCUT2D eigenvalue weighted by Gasteiger charge is 2.23. The Labute approximate surface area is 118 Å². The minimum Gasteiger partial charge on any atom is -0.323 e. The third-order valence-electron chi connectivity index (χ3n) is 3.19. The monoisotopic (exact) mass is 304 g/mol. The Bertz CT molecular complexity index is 593. The van der Waals surface area contributed by atoms with Crippen LogP contribution in [-0.2, 0) is 5.88 Å². The zero-order valence-corrected chi connectivity index (χ0v) is 11.8. The molecule has 0 N–H and O–H groups in total. The molecule has 1 saturated heterocycles. The SMILES string of the molecule is Fc1cc2nc(CCl)n(C3CCSC3)c2cc1Cl. The Morgan fingerprint density at radius 1 is 1.50 bits per heavy atom. The molecular weight excluding hydrogens is 294 g/mol. The van der Waals surface area contributed by atoms with E-state index in [1.807, 2.05) is 11.8 Å². The van der Waals surface area contributed by atoms with Crippen molar-refractivity contribution < 1.29 is 4.39 Å². The van der Waals surface area contributed by atoms with Gasteiger partial charge in [-0.2, -0.15) is 11.8 Å². The van der Waals surface area contributed by atoms with Crippen LogP contribution in [0.3, 0.4) is 0 Å². The zero-order valence-electron chi connectivity index (χ0n) is 9.50. The van der Waals surface area contributed by atoms with Crippen LogP contribution in [0.1, 0.15) is 18.3 Å². The second kappa shape index (κ2) is 4.91. The van der Waals surface area contributed by atoms with Crippen LogP contribution in [-0.4, -0.2) is 21.1 Å². The Balaban J connectivity index is 2.23. The van der Waals surface area contributed by atoms with Crippen LogP contribution in [0.5, 0.6) is 0 Å². The van der Waals surface area contributed by atoms with Gasteiger partial charge in [-0.1, -0.05) is 11.6 Å². The molecule has 1 unspecified atom stereocenters. The molecule has 2 aromatic rings. The lowest BCUT2D eigenvalue weighted by Gasteiger charge is -2.14. The number of rotatable bonds is 2. The average molecular weight is 305 g/mol. The summed E-state index contributed by atoms with van der Waals surface area (Å²) in [5, 5.41) is 0.135. The van der Waals surface area contributed by atoms with Crippen LogP contribution in [0.2, 0.25) is 5.02 Å². The summed E-state index contributed by atoms with van der Waals surface area (Å²) < 4.78 is 15.6. The van der Waals surface area contributed by atoms with E-state index in [0.717, 1.165) is 29.3 Å². The van der Waals surface area contributed by atoms with Gasteiger partial charge in [0.25, 0.3) is 0 Å². The summed E-state index contributed by atoms with van der Waals surface area (Å²) in [5.41, 5.74) is 1.51. The number of hydrogen-bond donors (Lipinski definition) is 0. The topological polar surface area (TPSA) is 17.8 Å². The molecular formula is C12H11Cl2FN2S. The van der Waals surface area contributed by atoms with Gasteiger partial charge < -0.3 is 4.57 Å². The highest BCUT2D eigenvalue weighted by atomic mass is 35.5. The standard InChI is InChI=1S/C12H11Cl2FN2S/c13-5-12-16-10-4-9(15)8(14)3-11(10)17(12)7-1-2-18-6-7/h3-4,7H,1-2,5-6H2. The highest BCUT2D eigenvalue weighted by molar-refractivity contribution is 7.99. The number of thioether (sulfide) groups is 1. The number of hydrogen-bond acceptors (Lipinski definition) is 2. The summed E-state index contributed by atoms with van der Waals surface area (Å²) in [6.45, 7) is 0. The van der Waals surface area contributed by atoms with Gasteiger partial charge in [0.2, 0.25) is 0 Å². The number of nitrogens with zero attached hydrogens (tertiary/aromatic N) is 2. The molecule has 0 saturated carbocycles. The van der Waals surface area contributed by atoms with Crippen molar-refractivity contribution >= 4 is 46.0 Å². The van der Waals surface area contributed by atoms with Crippen molar-refractivity contribution in [3.63, 3.8) is 0 Å². The number of imidazole rings is 1. The fourth-order valence-electron chi connectivity index (χ4n) is 2.37. The van der Waals surface area contributed by atoms with Crippen LogP contribution < -0.4 is 0 Å². The molecule has 2 heterocycles. The van der Waals surface area contributed by atoms with E-state index in [2.05, 4.69) is 9.55 Å². The first kappa shape index (κ1) is 12.6. The molecule has 0 aliphatic carbocycles. The van der Waals surface area contributed by atoms with Crippen molar-refractivity contribution in [3.05, 3.63) is 28.8 Å². The quantitative estimate of drug-likeness (QED) is 0.772. The predicted octanol–water partition coefficient (Wildman–Crippen LogP) is 4.25. The number of halogens is 3. The molecule has 96 valence electrons. The van der Waals surface area contributed by atoms with E-state index in [1.165, 1.54) is 6.07 Å². The summed E-state index contributed by atoms with van der Waals surface area (Å²) >= 11 is 13.7. The number of aromatic nitrogens is 2. The van der Waals surface area contributed by atoms with Gasteiger partial charge in [-0.3, -0.25) is 0 Å². The lowest BCUT2D eigenvalue weighted by Crippen LogP contribution is -2.10. The predicted molar refractivity (Wildman–Crippen MR) is 75.2 cm³/mol. The number of fused-ring (bicyclic) bond motifs is 1. The fourth-order valence-corrected chi connectivity index (χ4v) is 3.91. The smallest absolute Gasteiger partial charge is 0.144 e. The molecule has 2 nitrogen and oxygen atoms in total. The Hall–Kier alpha value is -0.450. The van der Waals surface area contributed by atoms with E-state index >= 15 is 0 Å². The molecule has 0 amide bonds. The molecule has 18 heavy (non-hydrogen) atoms. The Morgan fingerprint density at radius 2 is 2.33 bits per heavy atom. The summed E-state index contributed by atoms with van der Waals surface area (Å²) in [4.78, 5) is 4.40. The first-order chi connectivity index (χ1) is 8.70. The lowest BCUT2D eigenvalue weighted by molar-refractivity contribution is 0.558. The van der Waals surface area contributed by atoms with E-state index in [1.54, 1.807) is 6.07 Å². The van der Waals surface area contributed by atoms with Gasteiger partial charge in [0.1, 0.15) is 11.6 Å². The van der Waals surface area contributed by atoms with Gasteiger partial charge in [0.15, 0.2) is 0 Å². The minimum absolute atomic E-state index is 0.135. The van der Waals surface area contributed by atoms with Gasteiger partial charge in [0, 0.05) is 17.9 Å². The van der Waals surface area contributed by atoms with Crippen molar-refractivity contribution in [1.82, 2.24) is 9.55 Å². The van der Waals surface area contributed by atoms with Crippen LogP contribution in [0, 0.1) is 5.82 Å². The molecule has 1 aliphatic rings. The maximum Gasteiger partial charge on any atom is 0.144 e. The van der Waals surface area contributed by atoms with E-state index in [9.17, 15) is 4.39 Å². The largest absolute Gasteiger partial charge is 0.323 e. The molecule has 1 atom stereocenters. The molecule has 1 aromatic carbocycles. The summed E-state index contributed by atoms with van der Waals surface area (Å²) in [6, 6.07) is 3.42. The number of benzene rings is 1. The Morgan fingerprint density at radius 3 is 3.00 bits per heavy atom. The van der Waals surface area contributed by atoms with Crippen molar-refractivity contribution in [2.45, 2.75) is 18.3 Å². The molecule has 6 heteroatoms. The van der Waals surface area contributed by atoms with Gasteiger partial charge in [-0.15, -0.1) is 11.6 Å². The van der Waals surface area contributed by atoms with E-state index in [4.69, 9.17) is 23.2 Å². The third kappa shape index (κ3) is 2.00. The second-order valence-electron chi connectivity index (χ2n) is 4.30. The van der Waals surface area contributed by atoms with Crippen LogP contribution >= 0.6 is 35.0 Å². The van der Waals surface area contributed by atoms with Crippen LogP contribution in [0.25, 0.3) is 11.0 Å². The van der Waals surface area contributed by atoms with Crippen molar-refractivity contribution in [1.29, 1.82) is 0 Å². The maximum absolute atomic E-state index is 13.5. The van der Waals surface area contributed by atoms with E-state index in [-0.39, 0.29) is 5.02 Å². The van der Waals surface area contributed by atoms with Crippen LogP contribution in [0.4, 0.5) is 4.39 Å². The molecule has 1 aromatic heterocycles. The summed E-state index contributed by atoms with van der Waals surface area (Å²) in [6.07, 6.45) is 1.09. The first-order valence-electron chi connectivity index (χ1n) is 5.70. The third-order valence-corrected chi connectivity index (χ3v) is 4.87. The first-order valence-corrected chi connectivity index (χ1v) is 7.77. The van der Waals surface area contributed by atoms with Crippen LogP contribution in [0.15, 0.2) is 12.1 Å². The van der Waals surface area contributed by atoms with Crippen molar-refractivity contribution in [2.75, 3.05) is 11.5 Å². The molecule has 3 rings (SSSR count). The Kier molecular flexibility index (Phi) is 3.43. The van der Waals surface area contributed by atoms with Crippen molar-refractivity contribution in [3.8, 4) is 0 Å². The fraction of sp³-hybridized carbons (Fsp3) is 0.417. The molecule has 0 bridgehead atoms. The summed E-state index contributed by atoms with van der Waals surface area (Å²) in [5.74, 6) is 2.87. The second-order valence-corrected chi connectivity index (χ2v) is 6.13. The molecule has 0 spiro atoms. The zero-order chi connectivity index (χ0) is 12.7. The van der Waals surface area contributed by atoms with Gasteiger partial charge in [-0.25, -0.2) is 9.37 Å². The molecule has 1 aliphatic heterocycles. The average Bonchev–Trinajstić information content (AvgIpc) is 2.96. The lowest BCUT2D eigenvalue weighted by atomic mass is 10.2. The molecule has 1 fully saturated rings. The van der Waals surface area contributed by atoms with Gasteiger partial charge in [0.05, 0.1) is 21.9 Å². The van der Waals surface area contributed by atoms with Gasteiger partial charge >= 0.3 is 0 Å². The minimum atomic E-state index is -0.435. The van der Waals surface area contributed by atoms with E-state index in [0.29, 0.717) is 17.4 Å². The van der Waals surface area contributed by atoms with E-state index < -0.39 is 5.82 Å². The highest BCUT2D eigenvalue weighted by Crippen LogP contribution is 2.34. The van der Waals surface area contributed by atoms with Crippen molar-refractivity contribution in [2.24, 2.45) is 0 Å². The van der Waals surface area contributed by atoms with Gasteiger partial charge in [-0.05, 0) is 18.2 Å². The maximum atomic E-state index is 13.5.